The molecule has 0 saturated heterocycles. The average molecular weight is 178 g/mol. The fourth-order valence-electron chi connectivity index (χ4n) is 1.26. The third-order valence-electron chi connectivity index (χ3n) is 1.74. The van der Waals surface area contributed by atoms with Gasteiger partial charge in [-0.15, -0.1) is 12.4 Å². The van der Waals surface area contributed by atoms with Crippen LogP contribution in [-0.2, 0) is 4.79 Å². The van der Waals surface area contributed by atoms with Crippen LogP contribution in [0.3, 0.4) is 0 Å². The summed E-state index contributed by atoms with van der Waals surface area (Å²) in [5.74, 6) is -0.557. The van der Waals surface area contributed by atoms with Gasteiger partial charge in [0.1, 0.15) is 0 Å². The van der Waals surface area contributed by atoms with Crippen LogP contribution in [0, 0.1) is 5.92 Å². The topological polar surface area (TPSA) is 63.3 Å². The minimum Gasteiger partial charge on any atom is -0.478 e. The van der Waals surface area contributed by atoms with Crippen LogP contribution in [0.4, 0.5) is 0 Å². The number of carbonyl (C=O) groups is 1. The summed E-state index contributed by atoms with van der Waals surface area (Å²) in [4.78, 5) is 10.4. The Balaban J connectivity index is 0.000001000. The van der Waals surface area contributed by atoms with Crippen LogP contribution < -0.4 is 5.73 Å². The maximum absolute atomic E-state index is 10.4. The standard InChI is InChI=1S/C7H11NO2.ClH/c1-4-2-5(7(9)10)6(8)3-4;/h2,4,6H,3,8H2,1H3,(H,9,10);1H. The Hall–Kier alpha value is -0.540. The van der Waals surface area contributed by atoms with Gasteiger partial charge < -0.3 is 10.8 Å². The first-order chi connectivity index (χ1) is 4.61. The Morgan fingerprint density at radius 1 is 1.82 bits per heavy atom. The lowest BCUT2D eigenvalue weighted by Gasteiger charge is -2.03. The summed E-state index contributed by atoms with van der Waals surface area (Å²) in [6.45, 7) is 1.97. The first-order valence-electron chi connectivity index (χ1n) is 3.32. The lowest BCUT2D eigenvalue weighted by atomic mass is 10.1. The maximum Gasteiger partial charge on any atom is 0.332 e. The van der Waals surface area contributed by atoms with Crippen molar-refractivity contribution in [2.45, 2.75) is 19.4 Å². The maximum atomic E-state index is 10.4. The van der Waals surface area contributed by atoms with Gasteiger partial charge in [-0.3, -0.25) is 0 Å². The number of rotatable bonds is 1. The van der Waals surface area contributed by atoms with Crippen LogP contribution in [0.2, 0.25) is 0 Å². The zero-order valence-electron chi connectivity index (χ0n) is 6.28. The van der Waals surface area contributed by atoms with E-state index in [4.69, 9.17) is 10.8 Å². The van der Waals surface area contributed by atoms with Crippen molar-refractivity contribution in [3.05, 3.63) is 11.6 Å². The van der Waals surface area contributed by atoms with E-state index in [0.717, 1.165) is 6.42 Å². The third-order valence-corrected chi connectivity index (χ3v) is 1.74. The second-order valence-electron chi connectivity index (χ2n) is 2.75. The summed E-state index contributed by atoms with van der Waals surface area (Å²) >= 11 is 0. The van der Waals surface area contributed by atoms with Gasteiger partial charge in [0.15, 0.2) is 0 Å². The van der Waals surface area contributed by atoms with Gasteiger partial charge in [0, 0.05) is 11.6 Å². The van der Waals surface area contributed by atoms with Crippen molar-refractivity contribution in [2.24, 2.45) is 11.7 Å². The number of halogens is 1. The molecule has 0 saturated carbocycles. The second-order valence-corrected chi connectivity index (χ2v) is 2.75. The van der Waals surface area contributed by atoms with E-state index in [0.29, 0.717) is 11.5 Å². The number of aliphatic carboxylic acids is 1. The molecular formula is C7H12ClNO2. The highest BCUT2D eigenvalue weighted by Gasteiger charge is 2.24. The zero-order chi connectivity index (χ0) is 7.72. The summed E-state index contributed by atoms with van der Waals surface area (Å²) in [6, 6.07) is -0.257. The second kappa shape index (κ2) is 3.74. The normalized spacial score (nSPS) is 29.1. The van der Waals surface area contributed by atoms with Gasteiger partial charge in [-0.25, -0.2) is 4.79 Å². The quantitative estimate of drug-likeness (QED) is 0.623. The van der Waals surface area contributed by atoms with Gasteiger partial charge in [-0.1, -0.05) is 13.0 Å². The molecule has 1 rings (SSSR count). The van der Waals surface area contributed by atoms with Crippen LogP contribution in [0.1, 0.15) is 13.3 Å². The molecule has 0 aromatic heterocycles. The molecule has 0 bridgehead atoms. The Morgan fingerprint density at radius 2 is 2.36 bits per heavy atom. The molecule has 0 aromatic rings. The van der Waals surface area contributed by atoms with Crippen molar-refractivity contribution < 1.29 is 9.90 Å². The number of carboxylic acids is 1. The lowest BCUT2D eigenvalue weighted by molar-refractivity contribution is -0.132. The van der Waals surface area contributed by atoms with Crippen LogP contribution in [0.15, 0.2) is 11.6 Å². The summed E-state index contributed by atoms with van der Waals surface area (Å²) in [6.07, 6.45) is 2.49. The molecule has 0 spiro atoms. The molecule has 0 aromatic carbocycles. The largest absolute Gasteiger partial charge is 0.478 e. The molecule has 0 amide bonds. The van der Waals surface area contributed by atoms with E-state index >= 15 is 0 Å². The van der Waals surface area contributed by atoms with Gasteiger partial charge in [0.05, 0.1) is 0 Å². The molecular weight excluding hydrogens is 166 g/mol. The van der Waals surface area contributed by atoms with Gasteiger partial charge in [-0.05, 0) is 12.3 Å². The highest BCUT2D eigenvalue weighted by atomic mass is 35.5. The Kier molecular flexibility index (Phi) is 3.55. The predicted molar refractivity (Wildman–Crippen MR) is 44.7 cm³/mol. The first kappa shape index (κ1) is 10.5. The van der Waals surface area contributed by atoms with Crippen LogP contribution in [-0.4, -0.2) is 17.1 Å². The molecule has 64 valence electrons. The average Bonchev–Trinajstić information content (AvgIpc) is 2.10. The number of hydrogen-bond donors (Lipinski definition) is 2. The fraction of sp³-hybridized carbons (Fsp3) is 0.571. The number of allylic oxidation sites excluding steroid dienone is 1. The van der Waals surface area contributed by atoms with E-state index in [1.165, 1.54) is 0 Å². The molecule has 0 heterocycles. The van der Waals surface area contributed by atoms with E-state index in [1.807, 2.05) is 6.92 Å². The van der Waals surface area contributed by atoms with Crippen LogP contribution in [0.25, 0.3) is 0 Å². The van der Waals surface area contributed by atoms with Crippen LogP contribution >= 0.6 is 12.4 Å². The number of nitrogens with two attached hydrogens (primary N) is 1. The first-order valence-corrected chi connectivity index (χ1v) is 3.32. The monoisotopic (exact) mass is 177 g/mol. The van der Waals surface area contributed by atoms with Crippen molar-refractivity contribution >= 4 is 18.4 Å². The highest BCUT2D eigenvalue weighted by molar-refractivity contribution is 5.88. The molecule has 0 radical (unpaired) electrons. The fourth-order valence-corrected chi connectivity index (χ4v) is 1.26. The van der Waals surface area contributed by atoms with Crippen LogP contribution in [0.5, 0.6) is 0 Å². The zero-order valence-corrected chi connectivity index (χ0v) is 7.10. The minimum absolute atomic E-state index is 0. The van der Waals surface area contributed by atoms with Crippen molar-refractivity contribution in [3.63, 3.8) is 0 Å². The van der Waals surface area contributed by atoms with E-state index in [9.17, 15) is 4.79 Å². The number of hydrogen-bond acceptors (Lipinski definition) is 2. The van der Waals surface area contributed by atoms with Crippen molar-refractivity contribution in [1.82, 2.24) is 0 Å². The predicted octanol–water partition coefficient (Wildman–Crippen LogP) is 0.786. The van der Waals surface area contributed by atoms with E-state index < -0.39 is 5.97 Å². The van der Waals surface area contributed by atoms with E-state index in [2.05, 4.69) is 0 Å². The molecule has 0 aliphatic heterocycles. The van der Waals surface area contributed by atoms with E-state index in [1.54, 1.807) is 6.08 Å². The van der Waals surface area contributed by atoms with Crippen molar-refractivity contribution in [1.29, 1.82) is 0 Å². The molecule has 2 unspecified atom stereocenters. The van der Waals surface area contributed by atoms with E-state index in [-0.39, 0.29) is 18.4 Å². The Bertz CT molecular complexity index is 191. The Morgan fingerprint density at radius 3 is 2.55 bits per heavy atom. The smallest absolute Gasteiger partial charge is 0.332 e. The van der Waals surface area contributed by atoms with Crippen molar-refractivity contribution in [3.8, 4) is 0 Å². The Labute approximate surface area is 71.7 Å². The highest BCUT2D eigenvalue weighted by Crippen LogP contribution is 2.22. The number of carboxylic acid groups (broad SMARTS) is 1. The summed E-state index contributed by atoms with van der Waals surface area (Å²) in [7, 11) is 0. The van der Waals surface area contributed by atoms with Gasteiger partial charge in [0.2, 0.25) is 0 Å². The molecule has 3 N–H and O–H groups in total. The SMILES string of the molecule is CC1C=C(C(=O)O)C(N)C1.Cl. The molecule has 4 heteroatoms. The van der Waals surface area contributed by atoms with Gasteiger partial charge in [0.25, 0.3) is 0 Å². The summed E-state index contributed by atoms with van der Waals surface area (Å²) in [5, 5.41) is 8.55. The minimum atomic E-state index is -0.878. The molecule has 1 aliphatic rings. The summed E-state index contributed by atoms with van der Waals surface area (Å²) < 4.78 is 0. The van der Waals surface area contributed by atoms with Gasteiger partial charge >= 0.3 is 5.97 Å². The van der Waals surface area contributed by atoms with Crippen molar-refractivity contribution in [2.75, 3.05) is 0 Å². The molecule has 0 fully saturated rings. The molecule has 1 aliphatic carbocycles. The molecule has 3 nitrogen and oxygen atoms in total. The van der Waals surface area contributed by atoms with Gasteiger partial charge in [-0.2, -0.15) is 0 Å². The lowest BCUT2D eigenvalue weighted by Crippen LogP contribution is -2.23. The molecule has 11 heavy (non-hydrogen) atoms. The third kappa shape index (κ3) is 2.20. The molecule has 2 atom stereocenters. The summed E-state index contributed by atoms with van der Waals surface area (Å²) in [5.41, 5.74) is 5.89.